The highest BCUT2D eigenvalue weighted by molar-refractivity contribution is 8.08. The van der Waals surface area contributed by atoms with Crippen LogP contribution < -0.4 is 24.7 Å². The molecule has 0 unspecified atom stereocenters. The van der Waals surface area contributed by atoms with E-state index in [1.807, 2.05) is 61.0 Å². The molecule has 35 heavy (non-hydrogen) atoms. The Morgan fingerprint density at radius 2 is 1.66 bits per heavy atom. The molecule has 8 heteroatoms. The number of para-hydroxylation sites is 2. The maximum atomic E-state index is 14.0. The zero-order chi connectivity index (χ0) is 24.1. The summed E-state index contributed by atoms with van der Waals surface area (Å²) >= 11 is 3.07. The highest BCUT2D eigenvalue weighted by Crippen LogP contribution is 2.45. The molecule has 0 bridgehead atoms. The van der Waals surface area contributed by atoms with Crippen molar-refractivity contribution in [1.82, 2.24) is 4.57 Å². The van der Waals surface area contributed by atoms with Gasteiger partial charge < -0.3 is 4.90 Å². The van der Waals surface area contributed by atoms with Crippen molar-refractivity contribution in [3.63, 3.8) is 0 Å². The van der Waals surface area contributed by atoms with Crippen molar-refractivity contribution in [2.75, 3.05) is 17.0 Å². The van der Waals surface area contributed by atoms with Gasteiger partial charge in [-0.05, 0) is 44.0 Å². The topological polar surface area (TPSA) is 57.9 Å². The molecule has 6 rings (SSSR count). The Hall–Kier alpha value is -3.10. The van der Waals surface area contributed by atoms with Crippen molar-refractivity contribution >= 4 is 56.7 Å². The zero-order valence-corrected chi connectivity index (χ0v) is 21.4. The molecule has 0 saturated heterocycles. The highest BCUT2D eigenvalue weighted by Gasteiger charge is 2.33. The normalized spacial score (nSPS) is 21.5. The van der Waals surface area contributed by atoms with Crippen LogP contribution in [0, 0.1) is 0 Å². The summed E-state index contributed by atoms with van der Waals surface area (Å²) in [5.41, 5.74) is 3.02. The van der Waals surface area contributed by atoms with Gasteiger partial charge in [-0.25, -0.2) is 0 Å². The summed E-state index contributed by atoms with van der Waals surface area (Å²) in [7, 11) is 2.01. The highest BCUT2D eigenvalue weighted by atomic mass is 32.2. The van der Waals surface area contributed by atoms with Gasteiger partial charge >= 0.3 is 0 Å². The number of thiazole rings is 1. The second kappa shape index (κ2) is 8.84. The van der Waals surface area contributed by atoms with E-state index in [4.69, 9.17) is 0 Å². The molecule has 0 spiro atoms. The number of nitrogens with zero attached hydrogens (tertiary/aromatic N) is 4. The first kappa shape index (κ1) is 22.4. The number of thioether (sulfide) groups is 1. The summed E-state index contributed by atoms with van der Waals surface area (Å²) in [6, 6.07) is 17.8. The summed E-state index contributed by atoms with van der Waals surface area (Å²) in [5.74, 6) is -0.174. The molecule has 3 aromatic rings. The number of anilines is 2. The average Bonchev–Trinajstić information content (AvgIpc) is 3.50. The SMILES string of the molecule is CC1=NN(c2ccccc2)C(=O)C1=c1sc(=C2Sc3ccccc3N2C)c(=O)n1C1CCCCC1. The van der Waals surface area contributed by atoms with Gasteiger partial charge in [-0.3, -0.25) is 14.2 Å². The monoisotopic (exact) mass is 502 g/mol. The third-order valence-corrected chi connectivity index (χ3v) is 9.47. The van der Waals surface area contributed by atoms with Gasteiger partial charge in [-0.1, -0.05) is 61.4 Å². The number of benzene rings is 2. The lowest BCUT2D eigenvalue weighted by Gasteiger charge is -2.23. The van der Waals surface area contributed by atoms with E-state index in [1.165, 1.54) is 22.8 Å². The van der Waals surface area contributed by atoms with Crippen molar-refractivity contribution in [3.05, 3.63) is 74.1 Å². The molecule has 3 heterocycles. The number of hydrogen-bond donors (Lipinski definition) is 0. The third-order valence-electron chi connectivity index (χ3n) is 6.94. The number of hydrazone groups is 1. The second-order valence-corrected chi connectivity index (χ2v) is 11.2. The molecule has 1 amide bonds. The van der Waals surface area contributed by atoms with Crippen LogP contribution in [0.4, 0.5) is 11.4 Å². The Morgan fingerprint density at radius 1 is 0.943 bits per heavy atom. The molecule has 1 aromatic heterocycles. The summed E-state index contributed by atoms with van der Waals surface area (Å²) < 4.78 is 3.35. The molecule has 1 aliphatic carbocycles. The number of carbonyl (C=O) groups is 1. The molecule has 1 saturated carbocycles. The van der Waals surface area contributed by atoms with Gasteiger partial charge in [-0.15, -0.1) is 11.3 Å². The van der Waals surface area contributed by atoms with Gasteiger partial charge in [0.05, 0.1) is 22.7 Å². The predicted molar refractivity (Wildman–Crippen MR) is 145 cm³/mol. The molecule has 178 valence electrons. The van der Waals surface area contributed by atoms with Gasteiger partial charge in [0.2, 0.25) is 0 Å². The lowest BCUT2D eigenvalue weighted by atomic mass is 9.95. The van der Waals surface area contributed by atoms with Crippen LogP contribution in [0.25, 0.3) is 10.6 Å². The van der Waals surface area contributed by atoms with Crippen molar-refractivity contribution in [1.29, 1.82) is 0 Å². The Labute approximate surface area is 211 Å². The molecule has 1 fully saturated rings. The molecular formula is C27H26N4O2S2. The summed E-state index contributed by atoms with van der Waals surface area (Å²) in [4.78, 5) is 30.9. The molecule has 6 nitrogen and oxygen atoms in total. The van der Waals surface area contributed by atoms with E-state index in [9.17, 15) is 9.59 Å². The van der Waals surface area contributed by atoms with E-state index >= 15 is 0 Å². The Kier molecular flexibility index (Phi) is 5.65. The Balaban J connectivity index is 1.59. The molecule has 0 atom stereocenters. The molecule has 0 radical (unpaired) electrons. The minimum Gasteiger partial charge on any atom is -0.337 e. The van der Waals surface area contributed by atoms with Gasteiger partial charge in [0.15, 0.2) is 0 Å². The lowest BCUT2D eigenvalue weighted by Crippen LogP contribution is -2.38. The van der Waals surface area contributed by atoms with Gasteiger partial charge in [0.25, 0.3) is 11.5 Å². The van der Waals surface area contributed by atoms with E-state index in [-0.39, 0.29) is 17.5 Å². The van der Waals surface area contributed by atoms with Crippen LogP contribution in [0.3, 0.4) is 0 Å². The second-order valence-electron chi connectivity index (χ2n) is 9.15. The van der Waals surface area contributed by atoms with Crippen LogP contribution in [-0.4, -0.2) is 23.2 Å². The van der Waals surface area contributed by atoms with Crippen molar-refractivity contribution in [3.8, 4) is 0 Å². The van der Waals surface area contributed by atoms with Crippen molar-refractivity contribution in [2.24, 2.45) is 5.10 Å². The van der Waals surface area contributed by atoms with Gasteiger partial charge in [-0.2, -0.15) is 10.1 Å². The van der Waals surface area contributed by atoms with E-state index < -0.39 is 0 Å². The number of hydrogen-bond acceptors (Lipinski definition) is 6. The standard InChI is InChI=1S/C27H26N4O2S2/c1-17-22(24(32)31(28-17)19-13-7-4-8-14-19)26-30(18-11-5-3-6-12-18)25(33)23(35-26)27-29(2)20-15-9-10-16-21(20)34-27/h4,7-10,13-16,18H,3,5-6,11-12H2,1-2H3. The Morgan fingerprint density at radius 3 is 2.40 bits per heavy atom. The van der Waals surface area contributed by atoms with Gasteiger partial charge in [0.1, 0.15) is 14.2 Å². The van der Waals surface area contributed by atoms with Crippen LogP contribution in [0.1, 0.15) is 45.1 Å². The van der Waals surface area contributed by atoms with Crippen LogP contribution in [0.15, 0.2) is 69.4 Å². The summed E-state index contributed by atoms with van der Waals surface area (Å²) in [6.45, 7) is 1.87. The number of carbonyl (C=O) groups excluding carboxylic acids is 1. The maximum Gasteiger partial charge on any atom is 0.283 e. The first-order valence-corrected chi connectivity index (χ1v) is 13.6. The Bertz CT molecular complexity index is 1530. The smallest absolute Gasteiger partial charge is 0.283 e. The quantitative estimate of drug-likeness (QED) is 0.525. The number of amides is 1. The fourth-order valence-electron chi connectivity index (χ4n) is 5.17. The largest absolute Gasteiger partial charge is 0.337 e. The number of fused-ring (bicyclic) bond motifs is 1. The van der Waals surface area contributed by atoms with Crippen LogP contribution >= 0.6 is 23.1 Å². The maximum absolute atomic E-state index is 14.0. The minimum atomic E-state index is -0.174. The van der Waals surface area contributed by atoms with E-state index in [1.54, 1.807) is 11.8 Å². The van der Waals surface area contributed by atoms with Gasteiger partial charge in [0, 0.05) is 18.0 Å². The fraction of sp³-hybridized carbons (Fsp3) is 0.296. The molecule has 0 N–H and O–H groups in total. The summed E-state index contributed by atoms with van der Waals surface area (Å²) in [6.07, 6.45) is 5.32. The van der Waals surface area contributed by atoms with Crippen molar-refractivity contribution < 1.29 is 4.79 Å². The third kappa shape index (κ3) is 3.67. The average molecular weight is 503 g/mol. The van der Waals surface area contributed by atoms with E-state index in [0.29, 0.717) is 15.8 Å². The zero-order valence-electron chi connectivity index (χ0n) is 19.7. The first-order valence-electron chi connectivity index (χ1n) is 12.0. The molecule has 2 aromatic carbocycles. The lowest BCUT2D eigenvalue weighted by molar-refractivity contribution is -0.112. The fourth-order valence-corrected chi connectivity index (χ4v) is 7.77. The minimum absolute atomic E-state index is 0.00492. The first-order chi connectivity index (χ1) is 17.0. The van der Waals surface area contributed by atoms with Crippen LogP contribution in [0.2, 0.25) is 0 Å². The molecular weight excluding hydrogens is 476 g/mol. The number of aromatic nitrogens is 1. The van der Waals surface area contributed by atoms with Crippen LogP contribution in [0.5, 0.6) is 0 Å². The predicted octanol–water partition coefficient (Wildman–Crippen LogP) is 4.30. The number of rotatable bonds is 2. The molecule has 3 aliphatic rings. The van der Waals surface area contributed by atoms with Crippen molar-refractivity contribution in [2.45, 2.75) is 50.0 Å². The van der Waals surface area contributed by atoms with Crippen LogP contribution in [-0.2, 0) is 4.79 Å². The molecule has 2 aliphatic heterocycles. The van der Waals surface area contributed by atoms with E-state index in [2.05, 4.69) is 22.1 Å². The van der Waals surface area contributed by atoms with E-state index in [0.717, 1.165) is 51.6 Å². The summed E-state index contributed by atoms with van der Waals surface area (Å²) in [5, 5.41) is 6.99.